The minimum absolute atomic E-state index is 0.0830. The molecule has 5 rings (SSSR count). The Morgan fingerprint density at radius 2 is 1.71 bits per heavy atom. The van der Waals surface area contributed by atoms with Gasteiger partial charge in [0.2, 0.25) is 5.78 Å². The molecule has 0 aliphatic rings. The zero-order valence-corrected chi connectivity index (χ0v) is 20.5. The summed E-state index contributed by atoms with van der Waals surface area (Å²) in [6, 6.07) is 23.5. The van der Waals surface area contributed by atoms with Gasteiger partial charge >= 0.3 is 5.97 Å². The number of ketones is 1. The van der Waals surface area contributed by atoms with Crippen molar-refractivity contribution in [2.75, 3.05) is 6.61 Å². The highest BCUT2D eigenvalue weighted by Gasteiger charge is 2.29. The van der Waals surface area contributed by atoms with E-state index in [9.17, 15) is 9.59 Å². The number of thiophene rings is 1. The molecule has 0 N–H and O–H groups in total. The number of aromatic nitrogens is 1. The van der Waals surface area contributed by atoms with Gasteiger partial charge in [-0.05, 0) is 37.1 Å². The molecule has 0 spiro atoms. The van der Waals surface area contributed by atoms with Gasteiger partial charge in [-0.15, -0.1) is 23.1 Å². The van der Waals surface area contributed by atoms with Crippen LogP contribution in [0.15, 0.2) is 83.2 Å². The van der Waals surface area contributed by atoms with Crippen molar-refractivity contribution in [3.8, 4) is 0 Å². The Kier molecular flexibility index (Phi) is 6.26. The quantitative estimate of drug-likeness (QED) is 0.139. The molecule has 0 saturated carbocycles. The average Bonchev–Trinajstić information content (AvgIpc) is 3.38. The Hall–Kier alpha value is -3.35. The minimum Gasteiger partial charge on any atom is -0.462 e. The summed E-state index contributed by atoms with van der Waals surface area (Å²) in [5, 5.41) is 0.679. The van der Waals surface area contributed by atoms with Gasteiger partial charge in [-0.25, -0.2) is 4.79 Å². The summed E-state index contributed by atoms with van der Waals surface area (Å²) in [6.07, 6.45) is 1.98. The van der Waals surface area contributed by atoms with Gasteiger partial charge in [-0.2, -0.15) is 0 Å². The van der Waals surface area contributed by atoms with Crippen LogP contribution in [0.1, 0.15) is 43.6 Å². The van der Waals surface area contributed by atoms with E-state index in [0.29, 0.717) is 21.4 Å². The van der Waals surface area contributed by atoms with Crippen molar-refractivity contribution in [1.29, 1.82) is 0 Å². The lowest BCUT2D eigenvalue weighted by atomic mass is 10.1. The van der Waals surface area contributed by atoms with Gasteiger partial charge in [0.25, 0.3) is 0 Å². The number of esters is 1. The first-order valence-electron chi connectivity index (χ1n) is 11.1. The molecule has 0 unspecified atom stereocenters. The molecule has 0 saturated heterocycles. The minimum atomic E-state index is -0.403. The summed E-state index contributed by atoms with van der Waals surface area (Å²) in [4.78, 5) is 27.4. The molecule has 0 amide bonds. The van der Waals surface area contributed by atoms with Crippen LogP contribution in [-0.2, 0) is 10.5 Å². The van der Waals surface area contributed by atoms with E-state index in [2.05, 4.69) is 12.1 Å². The number of carbonyl (C=O) groups is 2. The van der Waals surface area contributed by atoms with Crippen molar-refractivity contribution in [2.24, 2.45) is 0 Å². The predicted molar refractivity (Wildman–Crippen MR) is 139 cm³/mol. The monoisotopic (exact) mass is 485 g/mol. The summed E-state index contributed by atoms with van der Waals surface area (Å²) in [5.74, 6) is 0.281. The van der Waals surface area contributed by atoms with Gasteiger partial charge < -0.3 is 9.14 Å². The van der Waals surface area contributed by atoms with Gasteiger partial charge in [-0.1, -0.05) is 60.7 Å². The number of aryl methyl sites for hydroxylation is 1. The molecular weight excluding hydrogens is 462 g/mol. The summed E-state index contributed by atoms with van der Waals surface area (Å²) >= 11 is 3.14. The Balaban J connectivity index is 1.76. The third-order valence-electron chi connectivity index (χ3n) is 5.64. The molecular formula is C28H23NO3S2. The SMILES string of the molecule is CCOC(=O)c1c2c(C(=O)c3ccccc3)sc(SCc3ccccc3)c2n2ccc(C)cc12. The highest BCUT2D eigenvalue weighted by atomic mass is 32.2. The summed E-state index contributed by atoms with van der Waals surface area (Å²) in [7, 11) is 0. The fourth-order valence-electron chi connectivity index (χ4n) is 4.09. The second-order valence-corrected chi connectivity index (χ2v) is 10.2. The predicted octanol–water partition coefficient (Wildman–Crippen LogP) is 7.16. The number of thioether (sulfide) groups is 1. The molecule has 0 aliphatic heterocycles. The van der Waals surface area contributed by atoms with E-state index in [4.69, 9.17) is 4.74 Å². The van der Waals surface area contributed by atoms with E-state index in [1.165, 1.54) is 16.9 Å². The molecule has 0 bridgehead atoms. The fraction of sp³-hybridized carbons (Fsp3) is 0.143. The fourth-order valence-corrected chi connectivity index (χ4v) is 6.57. The Morgan fingerprint density at radius 3 is 2.41 bits per heavy atom. The number of hydrogen-bond donors (Lipinski definition) is 0. The van der Waals surface area contributed by atoms with Crippen LogP contribution in [0.5, 0.6) is 0 Å². The number of ether oxygens (including phenoxy) is 1. The lowest BCUT2D eigenvalue weighted by Gasteiger charge is -2.05. The zero-order chi connectivity index (χ0) is 23.7. The van der Waals surface area contributed by atoms with Crippen LogP contribution >= 0.6 is 23.1 Å². The van der Waals surface area contributed by atoms with Crippen LogP contribution < -0.4 is 0 Å². The second kappa shape index (κ2) is 9.49. The molecule has 170 valence electrons. The van der Waals surface area contributed by atoms with E-state index in [-0.39, 0.29) is 12.4 Å². The van der Waals surface area contributed by atoms with Crippen LogP contribution in [0.4, 0.5) is 0 Å². The number of hydrogen-bond acceptors (Lipinski definition) is 5. The van der Waals surface area contributed by atoms with Crippen molar-refractivity contribution in [3.63, 3.8) is 0 Å². The van der Waals surface area contributed by atoms with Crippen molar-refractivity contribution in [3.05, 3.63) is 106 Å². The van der Waals surface area contributed by atoms with Crippen LogP contribution in [0.3, 0.4) is 0 Å². The van der Waals surface area contributed by atoms with Crippen LogP contribution in [0, 0.1) is 6.92 Å². The Labute approximate surface area is 206 Å². The standard InChI is InChI=1S/C28H23NO3S2/c1-3-32-27(31)22-21-16-18(2)14-15-29(21)24-23(22)26(25(30)20-12-8-5-9-13-20)34-28(24)33-17-19-10-6-4-7-11-19/h4-16H,3,17H2,1-2H3. The van der Waals surface area contributed by atoms with Crippen LogP contribution in [-0.4, -0.2) is 22.8 Å². The molecule has 3 aromatic heterocycles. The van der Waals surface area contributed by atoms with E-state index in [1.807, 2.05) is 78.2 Å². The highest BCUT2D eigenvalue weighted by Crippen LogP contribution is 2.44. The largest absolute Gasteiger partial charge is 0.462 e. The van der Waals surface area contributed by atoms with Gasteiger partial charge in [0, 0.05) is 22.9 Å². The summed E-state index contributed by atoms with van der Waals surface area (Å²) < 4.78 is 8.49. The molecule has 0 atom stereocenters. The normalized spacial score (nSPS) is 11.2. The van der Waals surface area contributed by atoms with Crippen molar-refractivity contribution in [1.82, 2.24) is 4.40 Å². The van der Waals surface area contributed by atoms with Gasteiger partial charge in [0.15, 0.2) is 0 Å². The second-order valence-electron chi connectivity index (χ2n) is 7.97. The molecule has 0 radical (unpaired) electrons. The molecule has 0 aliphatic carbocycles. The maximum absolute atomic E-state index is 13.7. The topological polar surface area (TPSA) is 47.8 Å². The Morgan fingerprint density at radius 1 is 1.00 bits per heavy atom. The first-order chi connectivity index (χ1) is 16.6. The highest BCUT2D eigenvalue weighted by molar-refractivity contribution is 8.00. The third-order valence-corrected chi connectivity index (χ3v) is 8.15. The molecule has 3 heterocycles. The summed E-state index contributed by atoms with van der Waals surface area (Å²) in [6.45, 7) is 4.06. The zero-order valence-electron chi connectivity index (χ0n) is 18.9. The first kappa shape index (κ1) is 22.4. The average molecular weight is 486 g/mol. The van der Waals surface area contributed by atoms with E-state index in [1.54, 1.807) is 18.7 Å². The van der Waals surface area contributed by atoms with E-state index >= 15 is 0 Å². The molecule has 6 heteroatoms. The number of fused-ring (bicyclic) bond motifs is 3. The van der Waals surface area contributed by atoms with E-state index in [0.717, 1.165) is 26.6 Å². The van der Waals surface area contributed by atoms with Crippen molar-refractivity contribution >= 4 is 51.3 Å². The number of benzene rings is 2. The van der Waals surface area contributed by atoms with E-state index < -0.39 is 5.97 Å². The van der Waals surface area contributed by atoms with Crippen molar-refractivity contribution in [2.45, 2.75) is 23.8 Å². The van der Waals surface area contributed by atoms with Gasteiger partial charge in [0.1, 0.15) is 0 Å². The molecule has 4 nitrogen and oxygen atoms in total. The van der Waals surface area contributed by atoms with Crippen molar-refractivity contribution < 1.29 is 14.3 Å². The molecule has 0 fully saturated rings. The maximum atomic E-state index is 13.7. The first-order valence-corrected chi connectivity index (χ1v) is 12.9. The molecule has 5 aromatic rings. The maximum Gasteiger partial charge on any atom is 0.341 e. The number of nitrogens with zero attached hydrogens (tertiary/aromatic N) is 1. The third kappa shape index (κ3) is 4.04. The lowest BCUT2D eigenvalue weighted by Crippen LogP contribution is -2.06. The van der Waals surface area contributed by atoms with Gasteiger partial charge in [-0.3, -0.25) is 4.79 Å². The lowest BCUT2D eigenvalue weighted by molar-refractivity contribution is 0.0531. The number of carbonyl (C=O) groups excluding carboxylic acids is 2. The van der Waals surface area contributed by atoms with Gasteiger partial charge in [0.05, 0.1) is 32.3 Å². The number of rotatable bonds is 7. The number of pyridine rings is 1. The Bertz CT molecular complexity index is 1500. The molecule has 2 aromatic carbocycles. The smallest absolute Gasteiger partial charge is 0.341 e. The van der Waals surface area contributed by atoms with Crippen LogP contribution in [0.25, 0.3) is 16.4 Å². The van der Waals surface area contributed by atoms with Crippen LogP contribution in [0.2, 0.25) is 0 Å². The summed E-state index contributed by atoms with van der Waals surface area (Å²) in [5.41, 5.74) is 4.96. The molecule has 34 heavy (non-hydrogen) atoms.